The zero-order valence-electron chi connectivity index (χ0n) is 18.5. The largest absolute Gasteiger partial charge is 0.336 e. The van der Waals surface area contributed by atoms with Gasteiger partial charge in [0.2, 0.25) is 0 Å². The molecule has 1 amide bonds. The Kier molecular flexibility index (Phi) is 6.15. The van der Waals surface area contributed by atoms with Crippen LogP contribution in [-0.2, 0) is 13.0 Å². The predicted octanol–water partition coefficient (Wildman–Crippen LogP) is 5.82. The molecule has 0 aliphatic heterocycles. The number of nitrogens with zero attached hydrogens (tertiary/aromatic N) is 3. The first-order valence-electron chi connectivity index (χ1n) is 11.2. The number of pyridine rings is 2. The van der Waals surface area contributed by atoms with Gasteiger partial charge in [-0.2, -0.15) is 0 Å². The minimum atomic E-state index is -0.297. The highest BCUT2D eigenvalue weighted by Gasteiger charge is 2.29. The van der Waals surface area contributed by atoms with Crippen molar-refractivity contribution in [3.8, 4) is 0 Å². The maximum atomic E-state index is 13.4. The van der Waals surface area contributed by atoms with Crippen LogP contribution in [-0.4, -0.2) is 20.6 Å². The Morgan fingerprint density at radius 1 is 1.18 bits per heavy atom. The van der Waals surface area contributed by atoms with Gasteiger partial charge in [0, 0.05) is 23.9 Å². The third kappa shape index (κ3) is 4.58. The first-order valence-corrected chi connectivity index (χ1v) is 11.9. The summed E-state index contributed by atoms with van der Waals surface area (Å²) in [7, 11) is 0. The molecule has 1 saturated carbocycles. The van der Waals surface area contributed by atoms with Gasteiger partial charge in [0.25, 0.3) is 17.2 Å². The van der Waals surface area contributed by atoms with Crippen molar-refractivity contribution < 1.29 is 9.32 Å². The fourth-order valence-corrected chi connectivity index (χ4v) is 4.29. The molecule has 0 atom stereocenters. The van der Waals surface area contributed by atoms with Crippen LogP contribution in [0.2, 0.25) is 10.0 Å². The van der Waals surface area contributed by atoms with E-state index in [-0.39, 0.29) is 18.0 Å². The maximum absolute atomic E-state index is 13.4. The molecule has 3 aromatic heterocycles. The molecule has 9 heteroatoms. The van der Waals surface area contributed by atoms with E-state index in [2.05, 4.69) is 15.5 Å². The third-order valence-electron chi connectivity index (χ3n) is 5.84. The quantitative estimate of drug-likeness (QED) is 0.348. The molecule has 1 aliphatic rings. The number of benzene rings is 1. The lowest BCUT2D eigenvalue weighted by molar-refractivity contribution is 0.102. The van der Waals surface area contributed by atoms with E-state index in [0.717, 1.165) is 36.2 Å². The SMILES string of the molecule is CCCc1noc2nc(C3CC3)cc(C(=O)Nc3ccc(=O)n(Cc4ccc(Cl)c(Cl)c4)c3)c12. The van der Waals surface area contributed by atoms with Crippen molar-refractivity contribution in [2.45, 2.75) is 45.1 Å². The fourth-order valence-electron chi connectivity index (χ4n) is 3.97. The van der Waals surface area contributed by atoms with Crippen LogP contribution in [0.5, 0.6) is 0 Å². The molecule has 1 aromatic carbocycles. The fraction of sp³-hybridized carbons (Fsp3) is 0.280. The number of amides is 1. The summed E-state index contributed by atoms with van der Waals surface area (Å²) < 4.78 is 6.98. The molecule has 1 aliphatic carbocycles. The standard InChI is InChI=1S/C25H22Cl2N4O3/c1-2-3-20-23-17(11-21(15-5-6-15)29-25(23)34-30-20)24(33)28-16-7-9-22(32)31(13-16)12-14-4-8-18(26)19(27)10-14/h4,7-11,13,15H,2-3,5-6,12H2,1H3,(H,28,33). The average Bonchev–Trinajstić information content (AvgIpc) is 3.59. The summed E-state index contributed by atoms with van der Waals surface area (Å²) in [6, 6.07) is 10.1. The third-order valence-corrected chi connectivity index (χ3v) is 6.58. The Bertz CT molecular complexity index is 1460. The molecular formula is C25H22Cl2N4O3. The second-order valence-corrected chi connectivity index (χ2v) is 9.33. The summed E-state index contributed by atoms with van der Waals surface area (Å²) in [6.07, 6.45) is 5.27. The summed E-state index contributed by atoms with van der Waals surface area (Å²) in [6.45, 7) is 2.33. The zero-order chi connectivity index (χ0) is 23.8. The lowest BCUT2D eigenvalue weighted by atomic mass is 10.0. The molecule has 0 bridgehead atoms. The van der Waals surface area contributed by atoms with Gasteiger partial charge >= 0.3 is 0 Å². The summed E-state index contributed by atoms with van der Waals surface area (Å²) in [5.74, 6) is 0.0540. The Morgan fingerprint density at radius 2 is 2.00 bits per heavy atom. The lowest BCUT2D eigenvalue weighted by Gasteiger charge is -2.11. The minimum absolute atomic E-state index is 0.198. The van der Waals surface area contributed by atoms with Crippen LogP contribution in [0.4, 0.5) is 5.69 Å². The van der Waals surface area contributed by atoms with E-state index in [4.69, 9.17) is 27.7 Å². The van der Waals surface area contributed by atoms with Gasteiger partial charge in [0.1, 0.15) is 0 Å². The van der Waals surface area contributed by atoms with Crippen LogP contribution in [0, 0.1) is 0 Å². The van der Waals surface area contributed by atoms with Gasteiger partial charge < -0.3 is 14.4 Å². The first kappa shape index (κ1) is 22.6. The van der Waals surface area contributed by atoms with Crippen LogP contribution < -0.4 is 10.9 Å². The number of aryl methyl sites for hydroxylation is 1. The molecule has 5 rings (SSSR count). The second-order valence-electron chi connectivity index (χ2n) is 8.51. The molecule has 1 fully saturated rings. The average molecular weight is 497 g/mol. The molecule has 34 heavy (non-hydrogen) atoms. The maximum Gasteiger partial charge on any atom is 0.259 e. The Morgan fingerprint density at radius 3 is 2.74 bits per heavy atom. The highest BCUT2D eigenvalue weighted by Crippen LogP contribution is 2.40. The van der Waals surface area contributed by atoms with E-state index in [1.54, 1.807) is 30.5 Å². The Hall–Kier alpha value is -3.16. The molecule has 0 radical (unpaired) electrons. The highest BCUT2D eigenvalue weighted by molar-refractivity contribution is 6.42. The van der Waals surface area contributed by atoms with Crippen molar-refractivity contribution in [3.63, 3.8) is 0 Å². The number of rotatable bonds is 7. The molecular weight excluding hydrogens is 475 g/mol. The number of carbonyl (C=O) groups is 1. The van der Waals surface area contributed by atoms with Crippen molar-refractivity contribution >= 4 is 45.9 Å². The van der Waals surface area contributed by atoms with E-state index >= 15 is 0 Å². The lowest BCUT2D eigenvalue weighted by Crippen LogP contribution is -2.21. The second kappa shape index (κ2) is 9.24. The van der Waals surface area contributed by atoms with Crippen LogP contribution in [0.15, 0.2) is 51.9 Å². The molecule has 0 spiro atoms. The molecule has 0 saturated heterocycles. The van der Waals surface area contributed by atoms with Crippen molar-refractivity contribution in [3.05, 3.63) is 85.5 Å². The molecule has 174 valence electrons. The number of anilines is 1. The van der Waals surface area contributed by atoms with Gasteiger partial charge in [-0.3, -0.25) is 9.59 Å². The van der Waals surface area contributed by atoms with Crippen LogP contribution >= 0.6 is 23.2 Å². The molecule has 7 nitrogen and oxygen atoms in total. The molecule has 3 heterocycles. The molecule has 0 unspecified atom stereocenters. The van der Waals surface area contributed by atoms with Gasteiger partial charge in [-0.25, -0.2) is 4.98 Å². The number of hydrogen-bond acceptors (Lipinski definition) is 5. The summed E-state index contributed by atoms with van der Waals surface area (Å²) >= 11 is 12.1. The van der Waals surface area contributed by atoms with Gasteiger partial charge in [-0.05, 0) is 49.1 Å². The Labute approximate surface area is 205 Å². The molecule has 4 aromatic rings. The molecule has 1 N–H and O–H groups in total. The summed E-state index contributed by atoms with van der Waals surface area (Å²) in [5.41, 5.74) is 3.57. The normalized spacial score (nSPS) is 13.4. The zero-order valence-corrected chi connectivity index (χ0v) is 20.0. The van der Waals surface area contributed by atoms with Crippen LogP contribution in [0.1, 0.15) is 59.4 Å². The van der Waals surface area contributed by atoms with E-state index in [1.807, 2.05) is 13.0 Å². The smallest absolute Gasteiger partial charge is 0.259 e. The van der Waals surface area contributed by atoms with Crippen molar-refractivity contribution in [1.29, 1.82) is 0 Å². The number of fused-ring (bicyclic) bond motifs is 1. The van der Waals surface area contributed by atoms with Crippen molar-refractivity contribution in [2.24, 2.45) is 0 Å². The van der Waals surface area contributed by atoms with Crippen LogP contribution in [0.3, 0.4) is 0 Å². The number of nitrogens with one attached hydrogen (secondary N) is 1. The van der Waals surface area contributed by atoms with E-state index in [0.29, 0.717) is 44.7 Å². The predicted molar refractivity (Wildman–Crippen MR) is 132 cm³/mol. The van der Waals surface area contributed by atoms with Crippen molar-refractivity contribution in [2.75, 3.05) is 5.32 Å². The van der Waals surface area contributed by atoms with Gasteiger partial charge in [0.05, 0.1) is 38.9 Å². The highest BCUT2D eigenvalue weighted by atomic mass is 35.5. The minimum Gasteiger partial charge on any atom is -0.336 e. The summed E-state index contributed by atoms with van der Waals surface area (Å²) in [4.78, 5) is 30.4. The van der Waals surface area contributed by atoms with E-state index in [9.17, 15) is 9.59 Å². The monoisotopic (exact) mass is 496 g/mol. The van der Waals surface area contributed by atoms with Gasteiger partial charge in [0.15, 0.2) is 0 Å². The number of aromatic nitrogens is 3. The summed E-state index contributed by atoms with van der Waals surface area (Å²) in [5, 5.41) is 8.60. The van der Waals surface area contributed by atoms with E-state index in [1.165, 1.54) is 10.6 Å². The van der Waals surface area contributed by atoms with E-state index < -0.39 is 0 Å². The van der Waals surface area contributed by atoms with Gasteiger partial charge in [-0.15, -0.1) is 0 Å². The number of carbonyl (C=O) groups excluding carboxylic acids is 1. The number of halogens is 2. The Balaban J connectivity index is 1.46. The first-order chi connectivity index (χ1) is 16.4. The van der Waals surface area contributed by atoms with Crippen LogP contribution in [0.25, 0.3) is 11.1 Å². The topological polar surface area (TPSA) is 90.0 Å². The number of hydrogen-bond donors (Lipinski definition) is 1. The van der Waals surface area contributed by atoms with Crippen molar-refractivity contribution in [1.82, 2.24) is 14.7 Å². The van der Waals surface area contributed by atoms with Gasteiger partial charge in [-0.1, -0.05) is 47.8 Å².